The summed E-state index contributed by atoms with van der Waals surface area (Å²) in [5.74, 6) is 1.01. The molecule has 0 bridgehead atoms. The molecule has 0 spiro atoms. The number of aromatic nitrogens is 2. The molecular formula is C17H21ClN4OS2. The van der Waals surface area contributed by atoms with Gasteiger partial charge >= 0.3 is 0 Å². The lowest BCUT2D eigenvalue weighted by atomic mass is 9.86. The molecule has 0 aliphatic heterocycles. The summed E-state index contributed by atoms with van der Waals surface area (Å²) < 4.78 is 0.774. The molecule has 2 aromatic rings. The normalized spacial score (nSPS) is 20.2. The zero-order valence-electron chi connectivity index (χ0n) is 14.0. The first-order valence-electron chi connectivity index (χ1n) is 8.38. The second kappa shape index (κ2) is 8.87. The van der Waals surface area contributed by atoms with E-state index in [1.807, 2.05) is 24.3 Å². The molecule has 0 radical (unpaired) electrons. The fourth-order valence-corrected chi connectivity index (χ4v) is 4.69. The maximum absolute atomic E-state index is 12.2. The van der Waals surface area contributed by atoms with Crippen LogP contribution >= 0.6 is 34.7 Å². The molecule has 1 aliphatic carbocycles. The van der Waals surface area contributed by atoms with E-state index in [1.54, 1.807) is 0 Å². The van der Waals surface area contributed by atoms with Gasteiger partial charge in [-0.25, -0.2) is 0 Å². The number of benzene rings is 1. The largest absolute Gasteiger partial charge is 0.352 e. The van der Waals surface area contributed by atoms with E-state index in [0.717, 1.165) is 16.4 Å². The summed E-state index contributed by atoms with van der Waals surface area (Å²) in [6.07, 6.45) is 4.77. The number of amides is 1. The number of anilines is 2. The van der Waals surface area contributed by atoms with Crippen molar-refractivity contribution in [2.75, 3.05) is 11.1 Å². The van der Waals surface area contributed by atoms with Crippen LogP contribution in [0.3, 0.4) is 0 Å². The first-order chi connectivity index (χ1) is 12.1. The lowest BCUT2D eigenvalue weighted by molar-refractivity contribution is -0.119. The number of carbonyl (C=O) groups excluding carboxylic acids is 1. The van der Waals surface area contributed by atoms with Crippen molar-refractivity contribution in [3.8, 4) is 0 Å². The monoisotopic (exact) mass is 396 g/mol. The lowest BCUT2D eigenvalue weighted by Crippen LogP contribution is -2.41. The average Bonchev–Trinajstić information content (AvgIpc) is 3.03. The van der Waals surface area contributed by atoms with Crippen molar-refractivity contribution in [1.29, 1.82) is 0 Å². The van der Waals surface area contributed by atoms with Crippen molar-refractivity contribution in [3.63, 3.8) is 0 Å². The SMILES string of the molecule is C[C@H]1CCCC[C@H]1NC(=O)CSc1nnc(Nc2cccc(Cl)c2)s1. The van der Waals surface area contributed by atoms with Gasteiger partial charge in [0.25, 0.3) is 0 Å². The first-order valence-corrected chi connectivity index (χ1v) is 10.6. The third-order valence-electron chi connectivity index (χ3n) is 4.27. The Kier molecular flexibility index (Phi) is 6.56. The van der Waals surface area contributed by atoms with Gasteiger partial charge in [0.1, 0.15) is 0 Å². The smallest absolute Gasteiger partial charge is 0.230 e. The highest BCUT2D eigenvalue weighted by Gasteiger charge is 2.22. The molecule has 0 saturated heterocycles. The van der Waals surface area contributed by atoms with Crippen molar-refractivity contribution in [2.45, 2.75) is 43.0 Å². The second-order valence-electron chi connectivity index (χ2n) is 6.23. The van der Waals surface area contributed by atoms with Crippen LogP contribution in [-0.2, 0) is 4.79 Å². The Morgan fingerprint density at radius 2 is 2.20 bits per heavy atom. The van der Waals surface area contributed by atoms with Crippen LogP contribution in [0.1, 0.15) is 32.6 Å². The Labute approximate surface area is 161 Å². The number of hydrogen-bond acceptors (Lipinski definition) is 6. The molecular weight excluding hydrogens is 376 g/mol. The minimum Gasteiger partial charge on any atom is -0.352 e. The summed E-state index contributed by atoms with van der Waals surface area (Å²) in [6, 6.07) is 7.75. The van der Waals surface area contributed by atoms with Crippen LogP contribution in [0.5, 0.6) is 0 Å². The molecule has 1 heterocycles. The van der Waals surface area contributed by atoms with Gasteiger partial charge in [0, 0.05) is 16.8 Å². The predicted molar refractivity (Wildman–Crippen MR) is 105 cm³/mol. The molecule has 134 valence electrons. The molecule has 1 saturated carbocycles. The van der Waals surface area contributed by atoms with Crippen LogP contribution in [0.25, 0.3) is 0 Å². The third-order valence-corrected chi connectivity index (χ3v) is 6.47. The highest BCUT2D eigenvalue weighted by Crippen LogP contribution is 2.29. The van der Waals surface area contributed by atoms with Gasteiger partial charge in [-0.15, -0.1) is 10.2 Å². The predicted octanol–water partition coefficient (Wildman–Crippen LogP) is 4.72. The number of thioether (sulfide) groups is 1. The van der Waals surface area contributed by atoms with E-state index in [4.69, 9.17) is 11.6 Å². The van der Waals surface area contributed by atoms with Crippen molar-refractivity contribution < 1.29 is 4.79 Å². The van der Waals surface area contributed by atoms with Gasteiger partial charge in [0.05, 0.1) is 5.75 Å². The zero-order valence-corrected chi connectivity index (χ0v) is 16.4. The molecule has 1 amide bonds. The Morgan fingerprint density at radius 1 is 1.36 bits per heavy atom. The number of halogens is 1. The Morgan fingerprint density at radius 3 is 3.00 bits per heavy atom. The summed E-state index contributed by atoms with van der Waals surface area (Å²) >= 11 is 8.82. The van der Waals surface area contributed by atoms with Crippen molar-refractivity contribution in [2.24, 2.45) is 5.92 Å². The maximum atomic E-state index is 12.2. The second-order valence-corrected chi connectivity index (χ2v) is 8.87. The van der Waals surface area contributed by atoms with E-state index >= 15 is 0 Å². The summed E-state index contributed by atoms with van der Waals surface area (Å²) in [6.45, 7) is 2.22. The van der Waals surface area contributed by atoms with Crippen molar-refractivity contribution in [3.05, 3.63) is 29.3 Å². The van der Waals surface area contributed by atoms with Gasteiger partial charge in [-0.2, -0.15) is 0 Å². The minimum atomic E-state index is 0.0725. The Bertz CT molecular complexity index is 724. The van der Waals surface area contributed by atoms with Gasteiger partial charge < -0.3 is 10.6 Å². The highest BCUT2D eigenvalue weighted by molar-refractivity contribution is 8.01. The number of nitrogens with zero attached hydrogens (tertiary/aromatic N) is 2. The van der Waals surface area contributed by atoms with Crippen LogP contribution in [0.15, 0.2) is 28.6 Å². The lowest BCUT2D eigenvalue weighted by Gasteiger charge is -2.29. The van der Waals surface area contributed by atoms with E-state index in [2.05, 4.69) is 27.8 Å². The van der Waals surface area contributed by atoms with E-state index in [0.29, 0.717) is 27.9 Å². The third kappa shape index (κ3) is 5.59. The van der Waals surface area contributed by atoms with Crippen LogP contribution < -0.4 is 10.6 Å². The highest BCUT2D eigenvalue weighted by atomic mass is 35.5. The molecule has 0 unspecified atom stereocenters. The minimum absolute atomic E-state index is 0.0725. The van der Waals surface area contributed by atoms with Gasteiger partial charge in [-0.1, -0.05) is 60.5 Å². The number of rotatable bonds is 6. The van der Waals surface area contributed by atoms with Crippen molar-refractivity contribution in [1.82, 2.24) is 15.5 Å². The van der Waals surface area contributed by atoms with Crippen LogP contribution in [0.4, 0.5) is 10.8 Å². The number of nitrogens with one attached hydrogen (secondary N) is 2. The molecule has 2 N–H and O–H groups in total. The summed E-state index contributed by atoms with van der Waals surface area (Å²) in [7, 11) is 0. The topological polar surface area (TPSA) is 66.9 Å². The Hall–Kier alpha value is -1.31. The Balaban J connectivity index is 1.47. The van der Waals surface area contributed by atoms with E-state index in [-0.39, 0.29) is 5.91 Å². The molecule has 25 heavy (non-hydrogen) atoms. The molecule has 8 heteroatoms. The van der Waals surface area contributed by atoms with E-state index < -0.39 is 0 Å². The summed E-state index contributed by atoms with van der Waals surface area (Å²) in [5.41, 5.74) is 0.865. The van der Waals surface area contributed by atoms with E-state index in [9.17, 15) is 4.79 Å². The molecule has 1 fully saturated rings. The van der Waals surface area contributed by atoms with Gasteiger partial charge in [-0.3, -0.25) is 4.79 Å². The zero-order chi connectivity index (χ0) is 17.6. The first kappa shape index (κ1) is 18.5. The van der Waals surface area contributed by atoms with Gasteiger partial charge in [0.2, 0.25) is 11.0 Å². The molecule has 3 rings (SSSR count). The summed E-state index contributed by atoms with van der Waals surface area (Å²) in [4.78, 5) is 12.2. The van der Waals surface area contributed by atoms with Crippen LogP contribution in [0, 0.1) is 5.92 Å². The quantitative estimate of drug-likeness (QED) is 0.691. The molecule has 5 nitrogen and oxygen atoms in total. The fourth-order valence-electron chi connectivity index (χ4n) is 2.91. The van der Waals surface area contributed by atoms with E-state index in [1.165, 1.54) is 42.4 Å². The molecule has 2 atom stereocenters. The van der Waals surface area contributed by atoms with Gasteiger partial charge in [0.15, 0.2) is 4.34 Å². The molecule has 1 aromatic heterocycles. The molecule has 1 aliphatic rings. The molecule has 1 aromatic carbocycles. The van der Waals surface area contributed by atoms with Crippen LogP contribution in [0.2, 0.25) is 5.02 Å². The van der Waals surface area contributed by atoms with Crippen LogP contribution in [-0.4, -0.2) is 27.9 Å². The number of carbonyl (C=O) groups is 1. The van der Waals surface area contributed by atoms with Crippen molar-refractivity contribution >= 4 is 51.4 Å². The average molecular weight is 397 g/mol. The number of hydrogen-bond donors (Lipinski definition) is 2. The fraction of sp³-hybridized carbons (Fsp3) is 0.471. The summed E-state index contributed by atoms with van der Waals surface area (Å²) in [5, 5.41) is 15.9. The maximum Gasteiger partial charge on any atom is 0.230 e. The van der Waals surface area contributed by atoms with Gasteiger partial charge in [-0.05, 0) is 37.0 Å². The standard InChI is InChI=1S/C17H21ClN4OS2/c1-11-5-2-3-8-14(11)20-15(23)10-24-17-22-21-16(25-17)19-13-7-4-6-12(18)9-13/h4,6-7,9,11,14H,2-3,5,8,10H2,1H3,(H,19,21)(H,20,23)/t11-,14+/m0/s1.